The van der Waals surface area contributed by atoms with Crippen molar-refractivity contribution in [1.29, 1.82) is 0 Å². The Morgan fingerprint density at radius 2 is 1.53 bits per heavy atom. The predicted molar refractivity (Wildman–Crippen MR) is 140 cm³/mol. The summed E-state index contributed by atoms with van der Waals surface area (Å²) in [6.07, 6.45) is 0. The minimum absolute atomic E-state index is 0.00614. The topological polar surface area (TPSA) is 46.5 Å². The van der Waals surface area contributed by atoms with E-state index in [1.165, 1.54) is 10.5 Å². The van der Waals surface area contributed by atoms with Crippen LogP contribution in [-0.4, -0.2) is 39.4 Å². The van der Waals surface area contributed by atoms with E-state index in [4.69, 9.17) is 4.74 Å². The highest BCUT2D eigenvalue weighted by atomic mass is 32.2. The van der Waals surface area contributed by atoms with Gasteiger partial charge in [0.15, 0.2) is 5.78 Å². The number of carbonyl (C=O) groups is 1. The molecule has 0 aliphatic heterocycles. The summed E-state index contributed by atoms with van der Waals surface area (Å²) in [6, 6.07) is 15.5. The first-order valence-electron chi connectivity index (χ1n) is 10.9. The van der Waals surface area contributed by atoms with E-state index in [1.54, 1.807) is 47.8 Å². The first-order chi connectivity index (χ1) is 14.9. The molecule has 0 bridgehead atoms. The Morgan fingerprint density at radius 1 is 0.969 bits per heavy atom. The predicted octanol–water partition coefficient (Wildman–Crippen LogP) is 7.44. The number of thioether (sulfide) groups is 2. The number of Topliss-reactive ketones (excluding diaryl/α,β-unsaturated/α-hetero) is 1. The fourth-order valence-electron chi connectivity index (χ4n) is 2.85. The maximum absolute atomic E-state index is 13.4. The van der Waals surface area contributed by atoms with Gasteiger partial charge in [0, 0.05) is 38.2 Å². The van der Waals surface area contributed by atoms with Crippen molar-refractivity contribution >= 4 is 35.1 Å². The average Bonchev–Trinajstić information content (AvgIpc) is 2.73. The van der Waals surface area contributed by atoms with Crippen molar-refractivity contribution in [2.45, 2.75) is 56.8 Å². The van der Waals surface area contributed by atoms with Crippen LogP contribution in [0.3, 0.4) is 0 Å². The minimum atomic E-state index is -0.188. The first-order valence-corrected chi connectivity index (χ1v) is 12.8. The van der Waals surface area contributed by atoms with Crippen LogP contribution < -0.4 is 0 Å². The number of benzene rings is 2. The summed E-state index contributed by atoms with van der Waals surface area (Å²) in [7, 11) is 0. The summed E-state index contributed by atoms with van der Waals surface area (Å²) in [4.78, 5) is 14.6. The Kier molecular flexibility index (Phi) is 9.50. The molecule has 0 spiro atoms. The summed E-state index contributed by atoms with van der Waals surface area (Å²) in [6.45, 7) is 16.8. The molecule has 0 aliphatic carbocycles. The molecule has 0 amide bonds. The molecular formula is C27H36O3S2. The van der Waals surface area contributed by atoms with Crippen LogP contribution in [0.2, 0.25) is 0 Å². The van der Waals surface area contributed by atoms with Crippen LogP contribution in [0.5, 0.6) is 0 Å². The van der Waals surface area contributed by atoms with Gasteiger partial charge in [-0.3, -0.25) is 4.79 Å². The molecular weight excluding hydrogens is 436 g/mol. The number of rotatable bonds is 11. The van der Waals surface area contributed by atoms with Crippen LogP contribution in [0.25, 0.3) is 5.76 Å². The third-order valence-corrected chi connectivity index (χ3v) is 7.52. The number of hydrogen-bond acceptors (Lipinski definition) is 5. The third-order valence-electron chi connectivity index (χ3n) is 4.87. The van der Waals surface area contributed by atoms with Gasteiger partial charge >= 0.3 is 0 Å². The zero-order valence-corrected chi connectivity index (χ0v) is 21.7. The van der Waals surface area contributed by atoms with E-state index < -0.39 is 0 Å². The van der Waals surface area contributed by atoms with Crippen molar-refractivity contribution < 1.29 is 14.6 Å². The number of aliphatic hydroxyl groups excluding tert-OH is 1. The maximum Gasteiger partial charge on any atom is 0.167 e. The van der Waals surface area contributed by atoms with Gasteiger partial charge in [0.1, 0.15) is 5.76 Å². The van der Waals surface area contributed by atoms with Crippen molar-refractivity contribution in [3.05, 3.63) is 71.8 Å². The first kappa shape index (κ1) is 26.6. The number of carbonyl (C=O) groups excluding carboxylic acids is 1. The fraction of sp³-hybridized carbons (Fsp3) is 0.444. The van der Waals surface area contributed by atoms with Gasteiger partial charge in [-0.1, -0.05) is 48.5 Å². The van der Waals surface area contributed by atoms with Crippen molar-refractivity contribution in [2.24, 2.45) is 5.92 Å². The molecule has 2 aromatic rings. The highest BCUT2D eigenvalue weighted by molar-refractivity contribution is 8.01. The third kappa shape index (κ3) is 9.05. The van der Waals surface area contributed by atoms with Crippen LogP contribution in [-0.2, 0) is 4.74 Å². The quantitative estimate of drug-likeness (QED) is 0.209. The van der Waals surface area contributed by atoms with E-state index in [0.717, 1.165) is 0 Å². The minimum Gasteiger partial charge on any atom is -0.508 e. The van der Waals surface area contributed by atoms with Gasteiger partial charge in [0.05, 0.1) is 12.2 Å². The van der Waals surface area contributed by atoms with Crippen LogP contribution in [0, 0.1) is 12.8 Å². The van der Waals surface area contributed by atoms with E-state index in [2.05, 4.69) is 72.4 Å². The van der Waals surface area contributed by atoms with E-state index in [9.17, 15) is 9.90 Å². The Bertz CT molecular complexity index is 894. The van der Waals surface area contributed by atoms with Crippen LogP contribution in [0.1, 0.15) is 56.1 Å². The zero-order chi connectivity index (χ0) is 23.9. The lowest BCUT2D eigenvalue weighted by atomic mass is 9.99. The number of aliphatic hydroxyl groups is 1. The van der Waals surface area contributed by atoms with E-state index in [1.807, 2.05) is 0 Å². The van der Waals surface area contributed by atoms with Crippen LogP contribution in [0.4, 0.5) is 0 Å². The molecule has 0 aromatic heterocycles. The number of aryl methyl sites for hydroxylation is 1. The van der Waals surface area contributed by atoms with Crippen LogP contribution in [0.15, 0.2) is 60.0 Å². The Morgan fingerprint density at radius 3 is 2.06 bits per heavy atom. The lowest BCUT2D eigenvalue weighted by Crippen LogP contribution is -2.32. The van der Waals surface area contributed by atoms with Gasteiger partial charge in [-0.25, -0.2) is 0 Å². The molecule has 5 heteroatoms. The smallest absolute Gasteiger partial charge is 0.167 e. The molecule has 2 aromatic carbocycles. The molecule has 0 fully saturated rings. The second-order valence-electron chi connectivity index (χ2n) is 9.68. The van der Waals surface area contributed by atoms with Gasteiger partial charge in [0.25, 0.3) is 0 Å². The molecule has 1 N–H and O–H groups in total. The molecule has 0 heterocycles. The molecule has 3 nitrogen and oxygen atoms in total. The molecule has 0 radical (unpaired) electrons. The zero-order valence-electron chi connectivity index (χ0n) is 20.1. The molecule has 32 heavy (non-hydrogen) atoms. The second kappa shape index (κ2) is 11.4. The van der Waals surface area contributed by atoms with Gasteiger partial charge in [-0.15, -0.1) is 11.8 Å². The Labute approximate surface area is 202 Å². The van der Waals surface area contributed by atoms with Crippen molar-refractivity contribution in [2.75, 3.05) is 18.1 Å². The van der Waals surface area contributed by atoms with Gasteiger partial charge in [-0.2, -0.15) is 11.8 Å². The molecule has 174 valence electrons. The monoisotopic (exact) mass is 472 g/mol. The maximum atomic E-state index is 13.4. The molecule has 0 aliphatic rings. The Balaban J connectivity index is 2.13. The Hall–Kier alpha value is -1.69. The summed E-state index contributed by atoms with van der Waals surface area (Å²) >= 11 is 3.50. The molecule has 2 rings (SSSR count). The van der Waals surface area contributed by atoms with Crippen molar-refractivity contribution in [3.8, 4) is 0 Å². The van der Waals surface area contributed by atoms with E-state index in [-0.39, 0.29) is 27.8 Å². The van der Waals surface area contributed by atoms with Crippen molar-refractivity contribution in [1.82, 2.24) is 0 Å². The summed E-state index contributed by atoms with van der Waals surface area (Å²) in [5, 5.41) is 9.58. The standard InChI is InChI=1S/C27H36O3S2/c1-19-8-14-24(15-9-19)31-16-23(17-32-27(6,7)18-30-26(3,4)5)25(29)22-12-10-21(11-13-22)20(2)28/h8-15,23,28H,2,16-18H2,1,3-7H3. The molecule has 1 unspecified atom stereocenters. The molecule has 0 saturated carbocycles. The summed E-state index contributed by atoms with van der Waals surface area (Å²) < 4.78 is 5.91. The largest absolute Gasteiger partial charge is 0.508 e. The molecule has 1 atom stereocenters. The van der Waals surface area contributed by atoms with E-state index in [0.29, 0.717) is 29.2 Å². The van der Waals surface area contributed by atoms with Gasteiger partial charge in [0.2, 0.25) is 0 Å². The summed E-state index contributed by atoms with van der Waals surface area (Å²) in [5.41, 5.74) is 2.33. The fourth-order valence-corrected chi connectivity index (χ4v) is 5.06. The lowest BCUT2D eigenvalue weighted by Gasteiger charge is -2.30. The highest BCUT2D eigenvalue weighted by Crippen LogP contribution is 2.32. The van der Waals surface area contributed by atoms with Gasteiger partial charge < -0.3 is 9.84 Å². The second-order valence-corrected chi connectivity index (χ2v) is 12.5. The SMILES string of the molecule is C=C(O)c1ccc(C(=O)C(CSc2ccc(C)cc2)CSC(C)(C)COC(C)(C)C)cc1. The van der Waals surface area contributed by atoms with Crippen molar-refractivity contribution in [3.63, 3.8) is 0 Å². The van der Waals surface area contributed by atoms with E-state index >= 15 is 0 Å². The van der Waals surface area contributed by atoms with Crippen LogP contribution >= 0.6 is 23.5 Å². The number of hydrogen-bond donors (Lipinski definition) is 1. The lowest BCUT2D eigenvalue weighted by molar-refractivity contribution is -0.0110. The number of ketones is 1. The highest BCUT2D eigenvalue weighted by Gasteiger charge is 2.27. The van der Waals surface area contributed by atoms with Gasteiger partial charge in [-0.05, 0) is 53.7 Å². The normalized spacial score (nSPS) is 13.1. The molecule has 0 saturated heterocycles. The number of ether oxygens (including phenoxy) is 1. The average molecular weight is 473 g/mol. The summed E-state index contributed by atoms with van der Waals surface area (Å²) in [5.74, 6) is 1.42.